The highest BCUT2D eigenvalue weighted by Crippen LogP contribution is 2.38. The van der Waals surface area contributed by atoms with Gasteiger partial charge in [-0.15, -0.1) is 0 Å². The molecule has 0 aromatic heterocycles. The molecule has 0 fully saturated rings. The predicted molar refractivity (Wildman–Crippen MR) is 87.3 cm³/mol. The van der Waals surface area contributed by atoms with Gasteiger partial charge in [-0.05, 0) is 0 Å². The van der Waals surface area contributed by atoms with Crippen LogP contribution in [0.4, 0.5) is 0 Å². The molecule has 1 atom stereocenters. The van der Waals surface area contributed by atoms with Crippen molar-refractivity contribution in [1.82, 2.24) is 16.8 Å². The summed E-state index contributed by atoms with van der Waals surface area (Å²) in [6, 6.07) is 0. The van der Waals surface area contributed by atoms with E-state index in [-0.39, 0.29) is 25.0 Å². The first kappa shape index (κ1) is 24.6. The Hall–Kier alpha value is -0.680. The zero-order valence-electron chi connectivity index (χ0n) is 13.2. The molecule has 0 aliphatic carbocycles. The number of amides is 2. The van der Waals surface area contributed by atoms with Gasteiger partial charge in [-0.1, -0.05) is 13.8 Å². The Balaban J connectivity index is 0. The van der Waals surface area contributed by atoms with Crippen molar-refractivity contribution in [3.63, 3.8) is 0 Å². The number of hydrogen-bond donors (Lipinski definition) is 7. The van der Waals surface area contributed by atoms with Gasteiger partial charge in [-0.25, -0.2) is 4.57 Å². The van der Waals surface area contributed by atoms with Crippen LogP contribution in [0.1, 0.15) is 20.3 Å². The number of nitrogens with one attached hydrogen (secondary N) is 2. The van der Waals surface area contributed by atoms with E-state index in [0.29, 0.717) is 12.3 Å². The second kappa shape index (κ2) is 11.0. The first-order valence-corrected chi connectivity index (χ1v) is 8.69. The summed E-state index contributed by atoms with van der Waals surface area (Å²) in [4.78, 5) is 40.3. The van der Waals surface area contributed by atoms with Crippen LogP contribution in [-0.4, -0.2) is 58.3 Å². The standard InChI is InChI=1S/C11H23N2O7PS.H3N/c1-11(2,7-20-21(17,18)19)9(15)10(16)13-4-3-8(14)12-5-6-22;/h9,15,22H,3-7H2,1-2H3,(H,12,14)(H,13,16)(H2,17,18,19);1H3/t9-;/m0./s1. The lowest BCUT2D eigenvalue weighted by molar-refractivity contribution is -0.137. The number of hydrogen-bond acceptors (Lipinski definition) is 7. The van der Waals surface area contributed by atoms with Gasteiger partial charge in [0.25, 0.3) is 0 Å². The Morgan fingerprint density at radius 3 is 2.30 bits per heavy atom. The minimum absolute atomic E-state index is 0. The molecule has 0 saturated heterocycles. The lowest BCUT2D eigenvalue weighted by Gasteiger charge is -2.29. The number of thiol groups is 1. The van der Waals surface area contributed by atoms with Crippen LogP contribution < -0.4 is 16.8 Å². The van der Waals surface area contributed by atoms with Crippen molar-refractivity contribution in [2.75, 3.05) is 25.4 Å². The van der Waals surface area contributed by atoms with Crippen molar-refractivity contribution in [3.05, 3.63) is 0 Å². The van der Waals surface area contributed by atoms with Crippen LogP contribution in [0.2, 0.25) is 0 Å². The largest absolute Gasteiger partial charge is 0.469 e. The monoisotopic (exact) mass is 375 g/mol. The van der Waals surface area contributed by atoms with Gasteiger partial charge < -0.3 is 31.7 Å². The summed E-state index contributed by atoms with van der Waals surface area (Å²) in [6.07, 6.45) is -1.49. The smallest absolute Gasteiger partial charge is 0.383 e. The van der Waals surface area contributed by atoms with Crippen molar-refractivity contribution in [3.8, 4) is 0 Å². The van der Waals surface area contributed by atoms with Crippen LogP contribution in [0.15, 0.2) is 0 Å². The van der Waals surface area contributed by atoms with Gasteiger partial charge in [-0.2, -0.15) is 12.6 Å². The van der Waals surface area contributed by atoms with Crippen molar-refractivity contribution >= 4 is 32.3 Å². The number of carbonyl (C=O) groups is 2. The fourth-order valence-electron chi connectivity index (χ4n) is 1.36. The molecule has 0 rings (SSSR count). The van der Waals surface area contributed by atoms with E-state index in [1.54, 1.807) is 0 Å². The highest BCUT2D eigenvalue weighted by atomic mass is 32.1. The minimum Gasteiger partial charge on any atom is -0.383 e. The van der Waals surface area contributed by atoms with Crippen molar-refractivity contribution in [1.29, 1.82) is 0 Å². The zero-order chi connectivity index (χ0) is 17.4. The molecule has 12 heteroatoms. The van der Waals surface area contributed by atoms with E-state index in [9.17, 15) is 19.3 Å². The molecule has 0 radical (unpaired) electrons. The summed E-state index contributed by atoms with van der Waals surface area (Å²) in [5, 5.41) is 14.8. The molecule has 23 heavy (non-hydrogen) atoms. The summed E-state index contributed by atoms with van der Waals surface area (Å²) in [5.41, 5.74) is -1.21. The van der Waals surface area contributed by atoms with E-state index in [2.05, 4.69) is 27.8 Å². The molecule has 8 N–H and O–H groups in total. The van der Waals surface area contributed by atoms with Crippen molar-refractivity contribution in [2.45, 2.75) is 26.4 Å². The Bertz CT molecular complexity index is 430. The summed E-state index contributed by atoms with van der Waals surface area (Å²) in [5.74, 6) is -0.501. The second-order valence-corrected chi connectivity index (χ2v) is 6.96. The van der Waals surface area contributed by atoms with Gasteiger partial charge in [0.1, 0.15) is 6.10 Å². The van der Waals surface area contributed by atoms with Crippen LogP contribution in [0.5, 0.6) is 0 Å². The fraction of sp³-hybridized carbons (Fsp3) is 0.818. The van der Waals surface area contributed by atoms with Crippen LogP contribution in [0.25, 0.3) is 0 Å². The quantitative estimate of drug-likeness (QED) is 0.191. The van der Waals surface area contributed by atoms with Gasteiger partial charge >= 0.3 is 7.82 Å². The lowest BCUT2D eigenvalue weighted by Crippen LogP contribution is -2.46. The normalized spacial score (nSPS) is 13.0. The van der Waals surface area contributed by atoms with E-state index in [4.69, 9.17) is 9.79 Å². The third kappa shape index (κ3) is 11.5. The Morgan fingerprint density at radius 1 is 1.26 bits per heavy atom. The fourth-order valence-corrected chi connectivity index (χ4v) is 1.98. The average Bonchev–Trinajstić information content (AvgIpc) is 2.41. The zero-order valence-corrected chi connectivity index (χ0v) is 15.0. The molecule has 0 aliphatic rings. The highest BCUT2D eigenvalue weighted by Gasteiger charge is 2.35. The molecule has 0 heterocycles. The first-order chi connectivity index (χ1) is 9.99. The predicted octanol–water partition coefficient (Wildman–Crippen LogP) is -0.803. The average molecular weight is 375 g/mol. The van der Waals surface area contributed by atoms with Crippen LogP contribution in [-0.2, 0) is 18.7 Å². The van der Waals surface area contributed by atoms with Crippen LogP contribution in [0, 0.1) is 5.41 Å². The van der Waals surface area contributed by atoms with Gasteiger partial charge in [0.2, 0.25) is 11.8 Å². The molecule has 138 valence electrons. The number of phosphoric ester groups is 1. The Morgan fingerprint density at radius 2 is 1.83 bits per heavy atom. The topological polar surface area (TPSA) is 180 Å². The van der Waals surface area contributed by atoms with E-state index in [1.807, 2.05) is 0 Å². The molecular formula is C11H26N3O7PS. The summed E-state index contributed by atoms with van der Waals surface area (Å²) < 4.78 is 15.0. The molecule has 0 aromatic rings. The Labute approximate surface area is 140 Å². The van der Waals surface area contributed by atoms with Gasteiger partial charge in [0.15, 0.2) is 0 Å². The number of carbonyl (C=O) groups excluding carboxylic acids is 2. The molecule has 0 saturated carbocycles. The molecule has 0 aliphatic heterocycles. The third-order valence-electron chi connectivity index (χ3n) is 2.68. The number of phosphoric acid groups is 1. The highest BCUT2D eigenvalue weighted by molar-refractivity contribution is 7.80. The van der Waals surface area contributed by atoms with Gasteiger partial charge in [-0.3, -0.25) is 14.1 Å². The van der Waals surface area contributed by atoms with E-state index < -0.39 is 31.9 Å². The maximum absolute atomic E-state index is 11.8. The van der Waals surface area contributed by atoms with E-state index in [1.165, 1.54) is 13.8 Å². The molecule has 2 amide bonds. The molecular weight excluding hydrogens is 349 g/mol. The molecule has 0 unspecified atom stereocenters. The van der Waals surface area contributed by atoms with Crippen LogP contribution in [0.3, 0.4) is 0 Å². The number of aliphatic hydroxyl groups excluding tert-OH is 1. The minimum atomic E-state index is -4.68. The molecule has 0 aromatic carbocycles. The lowest BCUT2D eigenvalue weighted by atomic mass is 9.87. The maximum atomic E-state index is 11.8. The van der Waals surface area contributed by atoms with Crippen molar-refractivity contribution < 1.29 is 33.6 Å². The van der Waals surface area contributed by atoms with Gasteiger partial charge in [0, 0.05) is 30.7 Å². The van der Waals surface area contributed by atoms with E-state index >= 15 is 0 Å². The third-order valence-corrected chi connectivity index (χ3v) is 3.37. The first-order valence-electron chi connectivity index (χ1n) is 6.53. The number of aliphatic hydroxyl groups is 1. The summed E-state index contributed by atoms with van der Waals surface area (Å²) in [7, 11) is -4.68. The molecule has 0 bridgehead atoms. The Kier molecular flexibility index (Phi) is 11.7. The SMILES string of the molecule is CC(C)(COP(=O)(O)O)[C@@H](O)C(=O)NCCC(=O)NCCS.N. The second-order valence-electron chi connectivity index (χ2n) is 5.27. The summed E-state index contributed by atoms with van der Waals surface area (Å²) in [6.45, 7) is 2.79. The summed E-state index contributed by atoms with van der Waals surface area (Å²) >= 11 is 3.93. The number of rotatable bonds is 10. The molecule has 0 spiro atoms. The maximum Gasteiger partial charge on any atom is 0.469 e. The van der Waals surface area contributed by atoms with E-state index in [0.717, 1.165) is 0 Å². The molecule has 10 nitrogen and oxygen atoms in total. The van der Waals surface area contributed by atoms with Crippen molar-refractivity contribution in [2.24, 2.45) is 5.41 Å². The van der Waals surface area contributed by atoms with Gasteiger partial charge in [0.05, 0.1) is 6.61 Å². The van der Waals surface area contributed by atoms with Crippen LogP contribution >= 0.6 is 20.5 Å².